The Morgan fingerprint density at radius 3 is 2.18 bits per heavy atom. The van der Waals surface area contributed by atoms with Crippen LogP contribution in [0.4, 0.5) is 0 Å². The molecule has 3 heteroatoms. The molecule has 0 aromatic rings. The minimum absolute atomic E-state index is 0.0187. The van der Waals surface area contributed by atoms with Gasteiger partial charge in [0.2, 0.25) is 0 Å². The van der Waals surface area contributed by atoms with E-state index in [4.69, 9.17) is 0 Å². The molecule has 0 spiro atoms. The Bertz CT molecular complexity index is 179. The van der Waals surface area contributed by atoms with Crippen molar-refractivity contribution in [2.75, 3.05) is 12.0 Å². The topological polar surface area (TPSA) is 29.4 Å². The monoisotopic (exact) mass is 175 g/mol. The van der Waals surface area contributed by atoms with Crippen molar-refractivity contribution in [2.45, 2.75) is 27.7 Å². The summed E-state index contributed by atoms with van der Waals surface area (Å²) in [6, 6.07) is 0. The van der Waals surface area contributed by atoms with Gasteiger partial charge in [-0.2, -0.15) is 4.36 Å². The SMILES string of the molecule is CC[S@@](C)=NC(=O)C(C)(C)C. The van der Waals surface area contributed by atoms with E-state index in [1.165, 1.54) is 0 Å². The lowest BCUT2D eigenvalue weighted by atomic mass is 9.96. The number of rotatable bonds is 1. The maximum absolute atomic E-state index is 11.3. The zero-order chi connectivity index (χ0) is 9.07. The minimum atomic E-state index is -0.309. The van der Waals surface area contributed by atoms with Gasteiger partial charge in [0.05, 0.1) is 0 Å². The predicted molar refractivity (Wildman–Crippen MR) is 50.7 cm³/mol. The summed E-state index contributed by atoms with van der Waals surface area (Å²) in [6.07, 6.45) is 1.99. The lowest BCUT2D eigenvalue weighted by Gasteiger charge is -2.12. The molecule has 11 heavy (non-hydrogen) atoms. The molecule has 0 aliphatic heterocycles. The van der Waals surface area contributed by atoms with Gasteiger partial charge in [-0.3, -0.25) is 4.79 Å². The van der Waals surface area contributed by atoms with E-state index in [0.29, 0.717) is 0 Å². The molecule has 0 radical (unpaired) electrons. The molecular formula is C8H17NOS. The molecule has 1 atom stereocenters. The van der Waals surface area contributed by atoms with Crippen molar-refractivity contribution in [1.82, 2.24) is 0 Å². The lowest BCUT2D eigenvalue weighted by molar-refractivity contribution is -0.124. The first-order chi connectivity index (χ1) is 4.88. The van der Waals surface area contributed by atoms with Crippen molar-refractivity contribution in [1.29, 1.82) is 0 Å². The largest absolute Gasteiger partial charge is 0.271 e. The third-order valence-corrected chi connectivity index (χ3v) is 2.61. The standard InChI is InChI=1S/C8H17NOS/c1-6-11(5)9-7(10)8(2,3)4/h6H2,1-5H3/t11-/m1/s1. The molecule has 0 bridgehead atoms. The van der Waals surface area contributed by atoms with Gasteiger partial charge in [-0.1, -0.05) is 38.4 Å². The Kier molecular flexibility index (Phi) is 3.93. The van der Waals surface area contributed by atoms with Crippen LogP contribution in [0, 0.1) is 5.41 Å². The summed E-state index contributed by atoms with van der Waals surface area (Å²) in [5, 5.41) is 0. The summed E-state index contributed by atoms with van der Waals surface area (Å²) < 4.78 is 4.06. The first-order valence-electron chi connectivity index (χ1n) is 3.76. The highest BCUT2D eigenvalue weighted by molar-refractivity contribution is 7.86. The van der Waals surface area contributed by atoms with Gasteiger partial charge in [0.25, 0.3) is 5.91 Å². The molecule has 1 amide bonds. The van der Waals surface area contributed by atoms with Crippen LogP contribution in [-0.2, 0) is 15.5 Å². The molecule has 0 aromatic carbocycles. The third-order valence-electron chi connectivity index (χ3n) is 1.30. The van der Waals surface area contributed by atoms with Crippen molar-refractivity contribution < 1.29 is 4.79 Å². The first-order valence-corrected chi connectivity index (χ1v) is 5.52. The highest BCUT2D eigenvalue weighted by Crippen LogP contribution is 2.15. The zero-order valence-electron chi connectivity index (χ0n) is 7.97. The Morgan fingerprint density at radius 1 is 1.45 bits per heavy atom. The number of hydrogen-bond donors (Lipinski definition) is 0. The highest BCUT2D eigenvalue weighted by atomic mass is 32.2. The van der Waals surface area contributed by atoms with Gasteiger partial charge in [-0.25, -0.2) is 0 Å². The number of amides is 1. The van der Waals surface area contributed by atoms with E-state index in [1.54, 1.807) is 0 Å². The van der Waals surface area contributed by atoms with E-state index in [2.05, 4.69) is 4.36 Å². The van der Waals surface area contributed by atoms with Crippen molar-refractivity contribution in [3.63, 3.8) is 0 Å². The highest BCUT2D eigenvalue weighted by Gasteiger charge is 2.20. The molecule has 0 rings (SSSR count). The van der Waals surface area contributed by atoms with E-state index in [1.807, 2.05) is 34.0 Å². The van der Waals surface area contributed by atoms with Crippen LogP contribution in [0.25, 0.3) is 0 Å². The number of carbonyl (C=O) groups excluding carboxylic acids is 1. The fourth-order valence-corrected chi connectivity index (χ4v) is 1.03. The summed E-state index contributed by atoms with van der Waals surface area (Å²) in [5.41, 5.74) is -0.309. The van der Waals surface area contributed by atoms with Gasteiger partial charge in [0.1, 0.15) is 0 Å². The van der Waals surface area contributed by atoms with Crippen LogP contribution in [0.1, 0.15) is 27.7 Å². The van der Waals surface area contributed by atoms with Crippen LogP contribution < -0.4 is 0 Å². The maximum Gasteiger partial charge on any atom is 0.256 e. The second-order valence-corrected chi connectivity index (χ2v) is 5.50. The van der Waals surface area contributed by atoms with Gasteiger partial charge in [-0.15, -0.1) is 0 Å². The Hall–Kier alpha value is -0.180. The van der Waals surface area contributed by atoms with Gasteiger partial charge in [0.15, 0.2) is 0 Å². The lowest BCUT2D eigenvalue weighted by Crippen LogP contribution is -2.18. The molecule has 0 unspecified atom stereocenters. The van der Waals surface area contributed by atoms with E-state index in [-0.39, 0.29) is 22.0 Å². The zero-order valence-corrected chi connectivity index (χ0v) is 8.79. The van der Waals surface area contributed by atoms with Gasteiger partial charge in [0, 0.05) is 11.2 Å². The summed E-state index contributed by atoms with van der Waals surface area (Å²) in [5.74, 6) is 0.979. The minimum Gasteiger partial charge on any atom is -0.271 e. The van der Waals surface area contributed by atoms with Gasteiger partial charge >= 0.3 is 0 Å². The molecule has 0 aromatic heterocycles. The fraction of sp³-hybridized carbons (Fsp3) is 0.875. The maximum atomic E-state index is 11.3. The molecule has 0 aliphatic rings. The van der Waals surface area contributed by atoms with Crippen LogP contribution in [0.2, 0.25) is 0 Å². The summed E-state index contributed by atoms with van der Waals surface area (Å²) >= 11 is 0. The molecule has 0 saturated heterocycles. The molecule has 0 heterocycles. The molecule has 0 aliphatic carbocycles. The van der Waals surface area contributed by atoms with E-state index in [9.17, 15) is 4.79 Å². The first kappa shape index (κ1) is 10.8. The molecular weight excluding hydrogens is 158 g/mol. The molecule has 66 valence electrons. The summed E-state index contributed by atoms with van der Waals surface area (Å²) in [4.78, 5) is 11.3. The fourth-order valence-electron chi connectivity index (χ4n) is 0.343. The second kappa shape index (κ2) is 4.00. The summed E-state index contributed by atoms with van der Waals surface area (Å²) in [6.45, 7) is 7.73. The quantitative estimate of drug-likeness (QED) is 0.599. The van der Waals surface area contributed by atoms with Crippen LogP contribution in [0.3, 0.4) is 0 Å². The van der Waals surface area contributed by atoms with Crippen molar-refractivity contribution >= 4 is 16.6 Å². The van der Waals surface area contributed by atoms with Crippen LogP contribution in [-0.4, -0.2) is 17.9 Å². The van der Waals surface area contributed by atoms with Crippen LogP contribution in [0.5, 0.6) is 0 Å². The Labute approximate surface area is 71.5 Å². The Morgan fingerprint density at radius 2 is 1.91 bits per heavy atom. The number of carbonyl (C=O) groups is 1. The molecule has 0 fully saturated rings. The van der Waals surface area contributed by atoms with Gasteiger partial charge < -0.3 is 0 Å². The van der Waals surface area contributed by atoms with E-state index in [0.717, 1.165) is 5.75 Å². The van der Waals surface area contributed by atoms with E-state index < -0.39 is 0 Å². The molecule has 0 N–H and O–H groups in total. The smallest absolute Gasteiger partial charge is 0.256 e. The third kappa shape index (κ3) is 4.30. The van der Waals surface area contributed by atoms with Crippen molar-refractivity contribution in [2.24, 2.45) is 9.78 Å². The number of nitrogens with zero attached hydrogens (tertiary/aromatic N) is 1. The van der Waals surface area contributed by atoms with Crippen molar-refractivity contribution in [3.05, 3.63) is 0 Å². The average Bonchev–Trinajstić information content (AvgIpc) is 1.85. The summed E-state index contributed by atoms with van der Waals surface area (Å²) in [7, 11) is -0.0781. The Balaban J connectivity index is 4.30. The predicted octanol–water partition coefficient (Wildman–Crippen LogP) is 2.01. The average molecular weight is 175 g/mol. The molecule has 2 nitrogen and oxygen atoms in total. The number of hydrogen-bond acceptors (Lipinski definition) is 1. The van der Waals surface area contributed by atoms with Crippen LogP contribution >= 0.6 is 0 Å². The van der Waals surface area contributed by atoms with Crippen molar-refractivity contribution in [3.8, 4) is 0 Å². The second-order valence-electron chi connectivity index (χ2n) is 3.54. The van der Waals surface area contributed by atoms with Crippen LogP contribution in [0.15, 0.2) is 4.36 Å². The van der Waals surface area contributed by atoms with E-state index >= 15 is 0 Å². The molecule has 0 saturated carbocycles. The normalized spacial score (nSPS) is 15.0. The van der Waals surface area contributed by atoms with Gasteiger partial charge in [-0.05, 0) is 6.26 Å².